The van der Waals surface area contributed by atoms with Crippen molar-refractivity contribution < 1.29 is 18.3 Å². The lowest BCUT2D eigenvalue weighted by molar-refractivity contribution is -0.203. The summed E-state index contributed by atoms with van der Waals surface area (Å²) in [4.78, 5) is 4.17. The number of nitrogens with zero attached hydrogens (tertiary/aromatic N) is 2. The predicted octanol–water partition coefficient (Wildman–Crippen LogP) is 3.28. The maximum absolute atomic E-state index is 12.4. The third-order valence-corrected chi connectivity index (χ3v) is 3.35. The second-order valence-electron chi connectivity index (χ2n) is 4.17. The van der Waals surface area contributed by atoms with Gasteiger partial charge < -0.3 is 9.67 Å². The van der Waals surface area contributed by atoms with Crippen molar-refractivity contribution in [2.24, 2.45) is 0 Å². The average Bonchev–Trinajstić information content (AvgIpc) is 2.63. The Bertz CT molecular complexity index is 594. The van der Waals surface area contributed by atoms with E-state index >= 15 is 0 Å². The Hall–Kier alpha value is -1.08. The molecule has 1 atom stereocenters. The first kappa shape index (κ1) is 14.3. The molecule has 0 fully saturated rings. The number of aryl methyl sites for hydroxylation is 1. The van der Waals surface area contributed by atoms with Crippen LogP contribution in [0.2, 0.25) is 0 Å². The number of benzene rings is 1. The summed E-state index contributed by atoms with van der Waals surface area (Å²) in [5.41, 5.74) is 1.37. The number of aliphatic hydroxyl groups excluding tert-OH is 1. The van der Waals surface area contributed by atoms with Crippen molar-refractivity contribution in [1.82, 2.24) is 9.55 Å². The largest absolute Gasteiger partial charge is 0.414 e. The minimum Gasteiger partial charge on any atom is -0.383 e. The van der Waals surface area contributed by atoms with Gasteiger partial charge in [0.25, 0.3) is 0 Å². The summed E-state index contributed by atoms with van der Waals surface area (Å²) in [6, 6.07) is 5.34. The SMILES string of the molecule is CCn1c(CC(O)C(F)(F)F)nc2cc(Br)ccc21. The third kappa shape index (κ3) is 2.92. The first-order valence-corrected chi connectivity index (χ1v) is 6.51. The van der Waals surface area contributed by atoms with Gasteiger partial charge in [-0.2, -0.15) is 13.2 Å². The maximum atomic E-state index is 12.4. The molecule has 3 nitrogen and oxygen atoms in total. The fourth-order valence-corrected chi connectivity index (χ4v) is 2.30. The highest BCUT2D eigenvalue weighted by Crippen LogP contribution is 2.26. The molecular weight excluding hydrogens is 325 g/mol. The summed E-state index contributed by atoms with van der Waals surface area (Å²) in [7, 11) is 0. The van der Waals surface area contributed by atoms with Gasteiger partial charge in [-0.25, -0.2) is 4.98 Å². The normalized spacial score (nSPS) is 14.0. The summed E-state index contributed by atoms with van der Waals surface area (Å²) in [5, 5.41) is 9.15. The van der Waals surface area contributed by atoms with Crippen LogP contribution in [0.1, 0.15) is 12.7 Å². The van der Waals surface area contributed by atoms with Gasteiger partial charge in [-0.05, 0) is 25.1 Å². The van der Waals surface area contributed by atoms with Crippen molar-refractivity contribution in [2.75, 3.05) is 0 Å². The fourth-order valence-electron chi connectivity index (χ4n) is 1.95. The zero-order valence-corrected chi connectivity index (χ0v) is 11.7. The van der Waals surface area contributed by atoms with Crippen LogP contribution in [-0.2, 0) is 13.0 Å². The average molecular weight is 337 g/mol. The zero-order chi connectivity index (χ0) is 14.2. The molecule has 1 aromatic carbocycles. The monoisotopic (exact) mass is 336 g/mol. The second-order valence-corrected chi connectivity index (χ2v) is 5.08. The fraction of sp³-hybridized carbons (Fsp3) is 0.417. The zero-order valence-electron chi connectivity index (χ0n) is 10.1. The van der Waals surface area contributed by atoms with Crippen molar-refractivity contribution in [2.45, 2.75) is 32.2 Å². The standard InChI is InChI=1S/C12H12BrF3N2O/c1-2-18-9-4-3-7(13)5-8(9)17-11(18)6-10(19)12(14,15)16/h3-5,10,19H,2,6H2,1H3. The van der Waals surface area contributed by atoms with Crippen LogP contribution in [-0.4, -0.2) is 26.9 Å². The Labute approximate surface area is 116 Å². The number of hydrogen-bond donors (Lipinski definition) is 1. The minimum absolute atomic E-state index is 0.237. The van der Waals surface area contributed by atoms with E-state index in [9.17, 15) is 13.2 Å². The number of rotatable bonds is 3. The van der Waals surface area contributed by atoms with Crippen LogP contribution in [0.4, 0.5) is 13.2 Å². The molecule has 0 bridgehead atoms. The Morgan fingerprint density at radius 3 is 2.68 bits per heavy atom. The molecule has 0 aliphatic carbocycles. The first-order chi connectivity index (χ1) is 8.82. The molecule has 1 N–H and O–H groups in total. The highest BCUT2D eigenvalue weighted by molar-refractivity contribution is 9.10. The molecule has 0 saturated carbocycles. The van der Waals surface area contributed by atoms with Crippen molar-refractivity contribution in [3.05, 3.63) is 28.5 Å². The molecule has 104 valence electrons. The maximum Gasteiger partial charge on any atom is 0.414 e. The van der Waals surface area contributed by atoms with E-state index in [1.54, 1.807) is 22.8 Å². The molecule has 0 amide bonds. The number of imidazole rings is 1. The van der Waals surface area contributed by atoms with Gasteiger partial charge in [0.15, 0.2) is 6.10 Å². The lowest BCUT2D eigenvalue weighted by Gasteiger charge is -2.14. The second kappa shape index (κ2) is 5.13. The molecule has 2 aromatic rings. The molecule has 0 saturated heterocycles. The molecule has 0 aliphatic heterocycles. The molecule has 0 radical (unpaired) electrons. The van der Waals surface area contributed by atoms with Crippen LogP contribution in [0.15, 0.2) is 22.7 Å². The van der Waals surface area contributed by atoms with Crippen molar-refractivity contribution in [1.29, 1.82) is 0 Å². The molecule has 2 rings (SSSR count). The van der Waals surface area contributed by atoms with Crippen LogP contribution in [0, 0.1) is 0 Å². The van der Waals surface area contributed by atoms with Gasteiger partial charge in [-0.1, -0.05) is 15.9 Å². The lowest BCUT2D eigenvalue weighted by Crippen LogP contribution is -2.31. The smallest absolute Gasteiger partial charge is 0.383 e. The molecule has 0 spiro atoms. The minimum atomic E-state index is -4.63. The number of aliphatic hydroxyl groups is 1. The van der Waals surface area contributed by atoms with Crippen LogP contribution in [0.25, 0.3) is 11.0 Å². The van der Waals surface area contributed by atoms with E-state index in [2.05, 4.69) is 20.9 Å². The van der Waals surface area contributed by atoms with Gasteiger partial charge in [0, 0.05) is 17.4 Å². The van der Waals surface area contributed by atoms with Gasteiger partial charge in [-0.15, -0.1) is 0 Å². The summed E-state index contributed by atoms with van der Waals surface area (Å²) < 4.78 is 39.7. The number of aromatic nitrogens is 2. The Morgan fingerprint density at radius 1 is 1.42 bits per heavy atom. The number of fused-ring (bicyclic) bond motifs is 1. The molecule has 19 heavy (non-hydrogen) atoms. The van der Waals surface area contributed by atoms with Gasteiger partial charge in [0.05, 0.1) is 11.0 Å². The van der Waals surface area contributed by atoms with E-state index < -0.39 is 18.7 Å². The van der Waals surface area contributed by atoms with Crippen LogP contribution in [0.5, 0.6) is 0 Å². The van der Waals surface area contributed by atoms with Gasteiger partial charge in [0.1, 0.15) is 5.82 Å². The molecule has 0 aliphatic rings. The van der Waals surface area contributed by atoms with Crippen LogP contribution < -0.4 is 0 Å². The summed E-state index contributed by atoms with van der Waals surface area (Å²) in [6.45, 7) is 2.32. The summed E-state index contributed by atoms with van der Waals surface area (Å²) >= 11 is 3.29. The van der Waals surface area contributed by atoms with Crippen LogP contribution >= 0.6 is 15.9 Å². The van der Waals surface area contributed by atoms with Crippen molar-refractivity contribution in [3.63, 3.8) is 0 Å². The quantitative estimate of drug-likeness (QED) is 0.933. The Balaban J connectivity index is 2.43. The predicted molar refractivity (Wildman–Crippen MR) is 68.9 cm³/mol. The first-order valence-electron chi connectivity index (χ1n) is 5.72. The number of hydrogen-bond acceptors (Lipinski definition) is 2. The van der Waals surface area contributed by atoms with E-state index in [1.807, 2.05) is 6.92 Å². The van der Waals surface area contributed by atoms with Gasteiger partial charge in [0.2, 0.25) is 0 Å². The van der Waals surface area contributed by atoms with Gasteiger partial charge >= 0.3 is 6.18 Å². The number of alkyl halides is 3. The highest BCUT2D eigenvalue weighted by Gasteiger charge is 2.39. The van der Waals surface area contributed by atoms with E-state index in [-0.39, 0.29) is 5.82 Å². The van der Waals surface area contributed by atoms with Crippen molar-refractivity contribution >= 4 is 27.0 Å². The van der Waals surface area contributed by atoms with E-state index in [0.29, 0.717) is 12.1 Å². The van der Waals surface area contributed by atoms with Crippen molar-refractivity contribution in [3.8, 4) is 0 Å². The topological polar surface area (TPSA) is 38.0 Å². The number of halogens is 4. The van der Waals surface area contributed by atoms with Gasteiger partial charge in [-0.3, -0.25) is 0 Å². The summed E-state index contributed by atoms with van der Waals surface area (Å²) in [6.07, 6.45) is -7.56. The molecule has 1 aromatic heterocycles. The Morgan fingerprint density at radius 2 is 2.11 bits per heavy atom. The van der Waals surface area contributed by atoms with Crippen LogP contribution in [0.3, 0.4) is 0 Å². The summed E-state index contributed by atoms with van der Waals surface area (Å²) in [5.74, 6) is 0.237. The highest BCUT2D eigenvalue weighted by atomic mass is 79.9. The molecule has 1 unspecified atom stereocenters. The third-order valence-electron chi connectivity index (χ3n) is 2.86. The van der Waals surface area contributed by atoms with E-state index in [4.69, 9.17) is 5.11 Å². The lowest BCUT2D eigenvalue weighted by atomic mass is 10.2. The molecule has 7 heteroatoms. The molecule has 1 heterocycles. The van der Waals surface area contributed by atoms with E-state index in [0.717, 1.165) is 9.99 Å². The molecular formula is C12H12BrF3N2O. The Kier molecular flexibility index (Phi) is 3.87. The van der Waals surface area contributed by atoms with E-state index in [1.165, 1.54) is 0 Å².